The molecule has 0 N–H and O–H groups in total. The van der Waals surface area contributed by atoms with Crippen LogP contribution in [0.3, 0.4) is 0 Å². The summed E-state index contributed by atoms with van der Waals surface area (Å²) in [5.74, 6) is 1.03. The SMILES string of the molecule is C=C(C)C(=O)Oc1ccc2c(c1)CCO2. The van der Waals surface area contributed by atoms with Crippen LogP contribution < -0.4 is 9.47 Å². The largest absolute Gasteiger partial charge is 0.493 e. The molecule has 3 heteroatoms. The summed E-state index contributed by atoms with van der Waals surface area (Å²) in [5.41, 5.74) is 1.48. The van der Waals surface area contributed by atoms with Gasteiger partial charge in [0.15, 0.2) is 0 Å². The van der Waals surface area contributed by atoms with Crippen molar-refractivity contribution in [1.82, 2.24) is 0 Å². The number of ether oxygens (including phenoxy) is 2. The predicted octanol–water partition coefficient (Wildman–Crippen LogP) is 2.10. The lowest BCUT2D eigenvalue weighted by Gasteiger charge is -2.05. The first-order valence-electron chi connectivity index (χ1n) is 4.80. The maximum absolute atomic E-state index is 11.3. The van der Waals surface area contributed by atoms with Gasteiger partial charge in [-0.05, 0) is 25.1 Å². The quantitative estimate of drug-likeness (QED) is 0.420. The molecule has 0 spiro atoms. The van der Waals surface area contributed by atoms with E-state index in [4.69, 9.17) is 9.47 Å². The standard InChI is InChI=1S/C12H12O3/c1-8(2)12(13)15-10-3-4-11-9(7-10)5-6-14-11/h3-4,7H,1,5-6H2,2H3. The lowest BCUT2D eigenvalue weighted by Crippen LogP contribution is -2.08. The Kier molecular flexibility index (Phi) is 2.46. The average Bonchev–Trinajstić information content (AvgIpc) is 2.64. The zero-order valence-corrected chi connectivity index (χ0v) is 8.58. The van der Waals surface area contributed by atoms with Crippen LogP contribution in [0.1, 0.15) is 12.5 Å². The van der Waals surface area contributed by atoms with E-state index in [1.165, 1.54) is 0 Å². The van der Waals surface area contributed by atoms with Crippen LogP contribution in [-0.2, 0) is 11.2 Å². The molecule has 78 valence electrons. The Morgan fingerprint density at radius 3 is 3.07 bits per heavy atom. The molecule has 15 heavy (non-hydrogen) atoms. The smallest absolute Gasteiger partial charge is 0.338 e. The molecule has 0 atom stereocenters. The molecule has 1 aromatic carbocycles. The maximum Gasteiger partial charge on any atom is 0.338 e. The molecular weight excluding hydrogens is 192 g/mol. The third-order valence-corrected chi connectivity index (χ3v) is 2.22. The molecule has 0 unspecified atom stereocenters. The minimum atomic E-state index is -0.395. The first kappa shape index (κ1) is 9.77. The normalized spacial score (nSPS) is 12.9. The molecule has 3 nitrogen and oxygen atoms in total. The van der Waals surface area contributed by atoms with Crippen molar-refractivity contribution in [1.29, 1.82) is 0 Å². The van der Waals surface area contributed by atoms with E-state index >= 15 is 0 Å². The lowest BCUT2D eigenvalue weighted by molar-refractivity contribution is -0.130. The van der Waals surface area contributed by atoms with E-state index in [9.17, 15) is 4.79 Å². The fourth-order valence-electron chi connectivity index (χ4n) is 1.42. The topological polar surface area (TPSA) is 35.5 Å². The van der Waals surface area contributed by atoms with Crippen molar-refractivity contribution in [2.45, 2.75) is 13.3 Å². The second kappa shape index (κ2) is 3.77. The van der Waals surface area contributed by atoms with Gasteiger partial charge in [-0.2, -0.15) is 0 Å². The van der Waals surface area contributed by atoms with Gasteiger partial charge in [0.05, 0.1) is 6.61 Å². The minimum Gasteiger partial charge on any atom is -0.493 e. The molecule has 1 aliphatic heterocycles. The van der Waals surface area contributed by atoms with E-state index in [1.54, 1.807) is 13.0 Å². The van der Waals surface area contributed by atoms with E-state index in [-0.39, 0.29) is 0 Å². The molecule has 0 saturated carbocycles. The fraction of sp³-hybridized carbons (Fsp3) is 0.250. The number of rotatable bonds is 2. The Hall–Kier alpha value is -1.77. The minimum absolute atomic E-state index is 0.395. The van der Waals surface area contributed by atoms with Crippen molar-refractivity contribution in [3.05, 3.63) is 35.9 Å². The number of fused-ring (bicyclic) bond motifs is 1. The van der Waals surface area contributed by atoms with Crippen LogP contribution in [0.25, 0.3) is 0 Å². The van der Waals surface area contributed by atoms with Gasteiger partial charge in [0.2, 0.25) is 0 Å². The van der Waals surface area contributed by atoms with E-state index in [1.807, 2.05) is 12.1 Å². The molecule has 0 aliphatic carbocycles. The third-order valence-electron chi connectivity index (χ3n) is 2.22. The predicted molar refractivity (Wildman–Crippen MR) is 56.1 cm³/mol. The highest BCUT2D eigenvalue weighted by Gasteiger charge is 2.13. The number of esters is 1. The third kappa shape index (κ3) is 2.01. The zero-order valence-electron chi connectivity index (χ0n) is 8.58. The highest BCUT2D eigenvalue weighted by Crippen LogP contribution is 2.29. The van der Waals surface area contributed by atoms with Gasteiger partial charge in [-0.15, -0.1) is 0 Å². The van der Waals surface area contributed by atoms with Crippen molar-refractivity contribution < 1.29 is 14.3 Å². The van der Waals surface area contributed by atoms with Crippen LogP contribution in [0.15, 0.2) is 30.4 Å². The van der Waals surface area contributed by atoms with Gasteiger partial charge in [-0.1, -0.05) is 6.58 Å². The molecule has 0 saturated heterocycles. The molecule has 0 radical (unpaired) electrons. The summed E-state index contributed by atoms with van der Waals surface area (Å²) in [4.78, 5) is 11.3. The first-order valence-corrected chi connectivity index (χ1v) is 4.80. The molecule has 0 fully saturated rings. The second-order valence-corrected chi connectivity index (χ2v) is 3.54. The van der Waals surface area contributed by atoms with Crippen LogP contribution in [0.2, 0.25) is 0 Å². The van der Waals surface area contributed by atoms with Crippen LogP contribution in [0.5, 0.6) is 11.5 Å². The van der Waals surface area contributed by atoms with E-state index < -0.39 is 5.97 Å². The van der Waals surface area contributed by atoms with Crippen LogP contribution in [0, 0.1) is 0 Å². The maximum atomic E-state index is 11.3. The van der Waals surface area contributed by atoms with Crippen molar-refractivity contribution in [3.8, 4) is 11.5 Å². The summed E-state index contributed by atoms with van der Waals surface area (Å²) < 4.78 is 10.5. The molecule has 0 bridgehead atoms. The Labute approximate surface area is 88.3 Å². The van der Waals surface area contributed by atoms with Gasteiger partial charge in [0.25, 0.3) is 0 Å². The lowest BCUT2D eigenvalue weighted by atomic mass is 10.1. The van der Waals surface area contributed by atoms with Gasteiger partial charge < -0.3 is 9.47 Å². The molecule has 0 aromatic heterocycles. The summed E-state index contributed by atoms with van der Waals surface area (Å²) in [6.07, 6.45) is 0.869. The van der Waals surface area contributed by atoms with E-state index in [0.29, 0.717) is 17.9 Å². The van der Waals surface area contributed by atoms with E-state index in [2.05, 4.69) is 6.58 Å². The van der Waals surface area contributed by atoms with Crippen LogP contribution in [0.4, 0.5) is 0 Å². The summed E-state index contributed by atoms with van der Waals surface area (Å²) >= 11 is 0. The second-order valence-electron chi connectivity index (χ2n) is 3.54. The molecule has 1 aliphatic rings. The van der Waals surface area contributed by atoms with Crippen molar-refractivity contribution in [2.24, 2.45) is 0 Å². The molecule has 0 amide bonds. The van der Waals surface area contributed by atoms with Crippen molar-refractivity contribution in [2.75, 3.05) is 6.61 Å². The summed E-state index contributed by atoms with van der Waals surface area (Å²) in [5, 5.41) is 0. The first-order chi connectivity index (χ1) is 7.16. The highest BCUT2D eigenvalue weighted by atomic mass is 16.5. The Morgan fingerprint density at radius 1 is 1.53 bits per heavy atom. The number of hydrogen-bond acceptors (Lipinski definition) is 3. The summed E-state index contributed by atoms with van der Waals surface area (Å²) in [6, 6.07) is 5.39. The number of carbonyl (C=O) groups excluding carboxylic acids is 1. The van der Waals surface area contributed by atoms with Gasteiger partial charge in [0, 0.05) is 17.6 Å². The zero-order chi connectivity index (χ0) is 10.8. The summed E-state index contributed by atoms with van der Waals surface area (Å²) in [7, 11) is 0. The van der Waals surface area contributed by atoms with Crippen molar-refractivity contribution in [3.63, 3.8) is 0 Å². The van der Waals surface area contributed by atoms with Crippen LogP contribution in [-0.4, -0.2) is 12.6 Å². The van der Waals surface area contributed by atoms with Crippen LogP contribution >= 0.6 is 0 Å². The van der Waals surface area contributed by atoms with Gasteiger partial charge in [-0.25, -0.2) is 4.79 Å². The van der Waals surface area contributed by atoms with Gasteiger partial charge in [0.1, 0.15) is 11.5 Å². The monoisotopic (exact) mass is 204 g/mol. The number of carbonyl (C=O) groups is 1. The summed E-state index contributed by atoms with van der Waals surface area (Å²) in [6.45, 7) is 5.85. The average molecular weight is 204 g/mol. The Balaban J connectivity index is 2.17. The van der Waals surface area contributed by atoms with E-state index in [0.717, 1.165) is 17.7 Å². The fourth-order valence-corrected chi connectivity index (χ4v) is 1.42. The van der Waals surface area contributed by atoms with Crippen molar-refractivity contribution >= 4 is 5.97 Å². The van der Waals surface area contributed by atoms with Gasteiger partial charge in [-0.3, -0.25) is 0 Å². The number of benzene rings is 1. The van der Waals surface area contributed by atoms with Gasteiger partial charge >= 0.3 is 5.97 Å². The Bertz CT molecular complexity index is 421. The molecule has 1 heterocycles. The highest BCUT2D eigenvalue weighted by molar-refractivity contribution is 5.88. The molecule has 1 aromatic rings. The molecular formula is C12H12O3. The Morgan fingerprint density at radius 2 is 2.33 bits per heavy atom. The molecule has 2 rings (SSSR count). The number of hydrogen-bond donors (Lipinski definition) is 0.